The summed E-state index contributed by atoms with van der Waals surface area (Å²) >= 11 is 5.09. The van der Waals surface area contributed by atoms with Gasteiger partial charge >= 0.3 is 0 Å². The molecule has 3 nitrogen and oxygen atoms in total. The van der Waals surface area contributed by atoms with Crippen molar-refractivity contribution < 1.29 is 5.11 Å². The van der Waals surface area contributed by atoms with Gasteiger partial charge in [0.05, 0.1) is 9.89 Å². The van der Waals surface area contributed by atoms with Gasteiger partial charge in [-0.05, 0) is 53.4 Å². The van der Waals surface area contributed by atoms with Crippen molar-refractivity contribution in [3.05, 3.63) is 38.3 Å². The zero-order chi connectivity index (χ0) is 12.4. The first-order chi connectivity index (χ1) is 8.08. The molecular formula is C12H15BrN2OS. The topological polar surface area (TPSA) is 38.1 Å². The summed E-state index contributed by atoms with van der Waals surface area (Å²) in [6.07, 6.45) is 2.96. The first-order valence-corrected chi connectivity index (χ1v) is 7.09. The molecule has 0 bridgehead atoms. The van der Waals surface area contributed by atoms with E-state index >= 15 is 0 Å². The van der Waals surface area contributed by atoms with Crippen molar-refractivity contribution >= 4 is 27.3 Å². The van der Waals surface area contributed by atoms with Gasteiger partial charge in [0.2, 0.25) is 0 Å². The monoisotopic (exact) mass is 314 g/mol. The Morgan fingerprint density at radius 2 is 2.35 bits per heavy atom. The van der Waals surface area contributed by atoms with Gasteiger partial charge in [0.25, 0.3) is 0 Å². The fraction of sp³-hybridized carbons (Fsp3) is 0.417. The van der Waals surface area contributed by atoms with E-state index < -0.39 is 0 Å². The minimum absolute atomic E-state index is 0.389. The quantitative estimate of drug-likeness (QED) is 0.941. The molecule has 17 heavy (non-hydrogen) atoms. The number of hydrogen-bond acceptors (Lipinski definition) is 3. The van der Waals surface area contributed by atoms with Gasteiger partial charge in [-0.15, -0.1) is 11.3 Å². The molecule has 0 aliphatic rings. The summed E-state index contributed by atoms with van der Waals surface area (Å²) in [6, 6.07) is 4.03. The summed E-state index contributed by atoms with van der Waals surface area (Å²) in [5.74, 6) is 0. The molecule has 2 aromatic rings. The van der Waals surface area contributed by atoms with Crippen molar-refractivity contribution in [2.45, 2.75) is 25.9 Å². The second kappa shape index (κ2) is 5.33. The molecule has 92 valence electrons. The van der Waals surface area contributed by atoms with Crippen LogP contribution in [0, 0.1) is 6.92 Å². The maximum Gasteiger partial charge on any atom is 0.0886 e. The van der Waals surface area contributed by atoms with Crippen molar-refractivity contribution in [3.8, 4) is 0 Å². The van der Waals surface area contributed by atoms with E-state index in [9.17, 15) is 5.11 Å². The highest BCUT2D eigenvalue weighted by Gasteiger charge is 2.13. The Bertz CT molecular complexity index is 487. The number of hydrogen-bond donors (Lipinski definition) is 1. The number of rotatable bonds is 4. The fourth-order valence-electron chi connectivity index (χ4n) is 1.72. The SMILES string of the molecule is Cc1cc(C(O)CCc2ccnn2C)sc1Br. The Kier molecular flexibility index (Phi) is 4.01. The van der Waals surface area contributed by atoms with Gasteiger partial charge in [0, 0.05) is 23.8 Å². The molecule has 2 aromatic heterocycles. The molecule has 2 heterocycles. The molecule has 1 unspecified atom stereocenters. The molecule has 0 spiro atoms. The Labute approximate surface area is 113 Å². The summed E-state index contributed by atoms with van der Waals surface area (Å²) in [6.45, 7) is 2.04. The highest BCUT2D eigenvalue weighted by atomic mass is 79.9. The molecule has 1 atom stereocenters. The van der Waals surface area contributed by atoms with Crippen molar-refractivity contribution in [1.82, 2.24) is 9.78 Å². The number of aryl methyl sites for hydroxylation is 3. The van der Waals surface area contributed by atoms with Crippen LogP contribution in [0.3, 0.4) is 0 Å². The number of halogens is 1. The lowest BCUT2D eigenvalue weighted by Gasteiger charge is -2.08. The Balaban J connectivity index is 1.98. The summed E-state index contributed by atoms with van der Waals surface area (Å²) in [4.78, 5) is 1.02. The fourth-order valence-corrected chi connectivity index (χ4v) is 3.31. The number of aliphatic hydroxyl groups excluding tert-OH is 1. The molecule has 0 aromatic carbocycles. The molecule has 0 aliphatic heterocycles. The second-order valence-electron chi connectivity index (χ2n) is 4.11. The van der Waals surface area contributed by atoms with Crippen LogP contribution in [-0.4, -0.2) is 14.9 Å². The Morgan fingerprint density at radius 3 is 2.88 bits per heavy atom. The summed E-state index contributed by atoms with van der Waals surface area (Å²) < 4.78 is 2.95. The van der Waals surface area contributed by atoms with Gasteiger partial charge in [-0.3, -0.25) is 4.68 Å². The van der Waals surface area contributed by atoms with Crippen molar-refractivity contribution in [1.29, 1.82) is 0 Å². The minimum atomic E-state index is -0.389. The predicted molar refractivity (Wildman–Crippen MR) is 73.2 cm³/mol. The van der Waals surface area contributed by atoms with Crippen molar-refractivity contribution in [2.75, 3.05) is 0 Å². The van der Waals surface area contributed by atoms with Gasteiger partial charge in [-0.1, -0.05) is 0 Å². The maximum atomic E-state index is 10.1. The van der Waals surface area contributed by atoms with Gasteiger partial charge in [-0.2, -0.15) is 5.10 Å². The third kappa shape index (κ3) is 2.97. The van der Waals surface area contributed by atoms with E-state index in [1.165, 1.54) is 5.56 Å². The summed E-state index contributed by atoms with van der Waals surface area (Å²) in [7, 11) is 1.92. The van der Waals surface area contributed by atoms with Gasteiger partial charge in [0.1, 0.15) is 0 Å². The van der Waals surface area contributed by atoms with E-state index in [4.69, 9.17) is 0 Å². The zero-order valence-corrected chi connectivity index (χ0v) is 12.3. The zero-order valence-electron chi connectivity index (χ0n) is 9.85. The molecule has 0 fully saturated rings. The van der Waals surface area contributed by atoms with Crippen LogP contribution in [0.4, 0.5) is 0 Å². The number of aromatic nitrogens is 2. The van der Waals surface area contributed by atoms with Crippen molar-refractivity contribution in [2.24, 2.45) is 7.05 Å². The second-order valence-corrected chi connectivity index (χ2v) is 6.51. The first-order valence-electron chi connectivity index (χ1n) is 5.48. The highest BCUT2D eigenvalue weighted by molar-refractivity contribution is 9.11. The molecule has 0 radical (unpaired) electrons. The molecule has 2 rings (SSSR count). The highest BCUT2D eigenvalue weighted by Crippen LogP contribution is 2.33. The van der Waals surface area contributed by atoms with Crippen LogP contribution in [0.1, 0.15) is 28.7 Å². The van der Waals surface area contributed by atoms with Gasteiger partial charge in [0.15, 0.2) is 0 Å². The number of thiophene rings is 1. The van der Waals surface area contributed by atoms with Gasteiger partial charge in [-0.25, -0.2) is 0 Å². The lowest BCUT2D eigenvalue weighted by molar-refractivity contribution is 0.171. The molecule has 0 aliphatic carbocycles. The standard InChI is InChI=1S/C12H15BrN2OS/c1-8-7-11(17-12(8)13)10(16)4-3-9-5-6-14-15(9)2/h5-7,10,16H,3-4H2,1-2H3. The lowest BCUT2D eigenvalue weighted by atomic mass is 10.1. The largest absolute Gasteiger partial charge is 0.388 e. The molecule has 0 amide bonds. The lowest BCUT2D eigenvalue weighted by Crippen LogP contribution is -2.02. The van der Waals surface area contributed by atoms with Crippen LogP contribution < -0.4 is 0 Å². The summed E-state index contributed by atoms with van der Waals surface area (Å²) in [5.41, 5.74) is 2.33. The smallest absolute Gasteiger partial charge is 0.0886 e. The van der Waals surface area contributed by atoms with E-state index in [0.29, 0.717) is 0 Å². The van der Waals surface area contributed by atoms with Crippen LogP contribution in [-0.2, 0) is 13.5 Å². The van der Waals surface area contributed by atoms with Crippen LogP contribution in [0.15, 0.2) is 22.1 Å². The molecule has 5 heteroatoms. The van der Waals surface area contributed by atoms with Gasteiger partial charge < -0.3 is 5.11 Å². The van der Waals surface area contributed by atoms with E-state index in [-0.39, 0.29) is 6.10 Å². The number of aliphatic hydroxyl groups is 1. The van der Waals surface area contributed by atoms with E-state index in [1.54, 1.807) is 17.5 Å². The molecule has 0 saturated heterocycles. The average molecular weight is 315 g/mol. The van der Waals surface area contributed by atoms with Crippen LogP contribution in [0.5, 0.6) is 0 Å². The van der Waals surface area contributed by atoms with E-state index in [2.05, 4.69) is 21.0 Å². The third-order valence-electron chi connectivity index (χ3n) is 2.80. The molecular weight excluding hydrogens is 300 g/mol. The van der Waals surface area contributed by atoms with Crippen molar-refractivity contribution in [3.63, 3.8) is 0 Å². The van der Waals surface area contributed by atoms with E-state index in [1.807, 2.05) is 30.8 Å². The van der Waals surface area contributed by atoms with Crippen LogP contribution >= 0.6 is 27.3 Å². The minimum Gasteiger partial charge on any atom is -0.388 e. The van der Waals surface area contributed by atoms with Crippen LogP contribution in [0.25, 0.3) is 0 Å². The molecule has 1 N–H and O–H groups in total. The van der Waals surface area contributed by atoms with Crippen LogP contribution in [0.2, 0.25) is 0 Å². The summed E-state index contributed by atoms with van der Waals surface area (Å²) in [5, 5.41) is 14.2. The normalized spacial score (nSPS) is 12.9. The Hall–Kier alpha value is -0.650. The predicted octanol–water partition coefficient (Wildman–Crippen LogP) is 3.22. The molecule has 0 saturated carbocycles. The Morgan fingerprint density at radius 1 is 1.59 bits per heavy atom. The number of nitrogens with zero attached hydrogens (tertiary/aromatic N) is 2. The average Bonchev–Trinajstić information content (AvgIpc) is 2.83. The third-order valence-corrected chi connectivity index (χ3v) is 5.04. The maximum absolute atomic E-state index is 10.1. The first kappa shape index (κ1) is 12.8. The van der Waals surface area contributed by atoms with E-state index in [0.717, 1.165) is 27.2 Å².